The summed E-state index contributed by atoms with van der Waals surface area (Å²) in [5, 5.41) is 14.1. The molecule has 9 heteroatoms. The van der Waals surface area contributed by atoms with E-state index in [-0.39, 0.29) is 11.8 Å². The highest BCUT2D eigenvalue weighted by Gasteiger charge is 2.23. The second kappa shape index (κ2) is 9.27. The largest absolute Gasteiger partial charge is 0.378 e. The van der Waals surface area contributed by atoms with Crippen molar-refractivity contribution in [1.82, 2.24) is 25.1 Å². The van der Waals surface area contributed by atoms with Crippen LogP contribution in [0.1, 0.15) is 22.0 Å². The second-order valence-electron chi connectivity index (χ2n) is 6.97. The number of amides is 2. The Labute approximate surface area is 173 Å². The van der Waals surface area contributed by atoms with Crippen LogP contribution in [-0.4, -0.2) is 63.2 Å². The number of nitrogens with one attached hydrogen (secondary N) is 1. The molecule has 3 aromatic rings. The smallest absolute Gasteiger partial charge is 0.254 e. The maximum absolute atomic E-state index is 13.1. The molecule has 1 N–H and O–H groups in total. The fraction of sp³-hybridized carbons (Fsp3) is 0.286. The lowest BCUT2D eigenvalue weighted by Crippen LogP contribution is -2.40. The molecule has 1 saturated heterocycles. The Balaban J connectivity index is 1.50. The van der Waals surface area contributed by atoms with Crippen molar-refractivity contribution in [3.8, 4) is 0 Å². The average molecular weight is 406 g/mol. The number of ether oxygens (including phenoxy) is 1. The lowest BCUT2D eigenvalue weighted by molar-refractivity contribution is -0.119. The average Bonchev–Trinajstić information content (AvgIpc) is 3.33. The van der Waals surface area contributed by atoms with Crippen molar-refractivity contribution < 1.29 is 14.3 Å². The van der Waals surface area contributed by atoms with Crippen molar-refractivity contribution in [3.05, 3.63) is 72.1 Å². The van der Waals surface area contributed by atoms with E-state index in [1.807, 2.05) is 30.3 Å². The summed E-state index contributed by atoms with van der Waals surface area (Å²) in [7, 11) is 0. The summed E-state index contributed by atoms with van der Waals surface area (Å²) >= 11 is 0. The van der Waals surface area contributed by atoms with Gasteiger partial charge in [-0.2, -0.15) is 0 Å². The standard InChI is InChI=1S/C21H22N6O3/c28-20(19(27-15-22-24-25-27)13-16-5-2-1-3-6-16)23-18-8-4-7-17(14-18)21(29)26-9-11-30-12-10-26/h1-8,14-15,19H,9-13H2,(H,23,28)/t19-/m1/s1. The SMILES string of the molecule is O=C(Nc1cccc(C(=O)N2CCOCC2)c1)[C@@H](Cc1ccccc1)n1cnnn1. The van der Waals surface area contributed by atoms with Crippen LogP contribution in [0.25, 0.3) is 0 Å². The molecule has 0 bridgehead atoms. The van der Waals surface area contributed by atoms with Crippen LogP contribution in [0.2, 0.25) is 0 Å². The monoisotopic (exact) mass is 406 g/mol. The number of tetrazole rings is 1. The molecule has 0 aliphatic carbocycles. The molecule has 0 spiro atoms. The molecule has 1 fully saturated rings. The van der Waals surface area contributed by atoms with Gasteiger partial charge in [-0.05, 0) is 34.2 Å². The van der Waals surface area contributed by atoms with Gasteiger partial charge < -0.3 is 15.0 Å². The summed E-state index contributed by atoms with van der Waals surface area (Å²) in [5.74, 6) is -0.335. The molecule has 1 aliphatic heterocycles. The molecule has 1 aromatic heterocycles. The number of rotatable bonds is 6. The van der Waals surface area contributed by atoms with Crippen LogP contribution in [0.5, 0.6) is 0 Å². The quantitative estimate of drug-likeness (QED) is 0.667. The Morgan fingerprint density at radius 3 is 2.60 bits per heavy atom. The Morgan fingerprint density at radius 1 is 1.07 bits per heavy atom. The molecule has 1 aliphatic rings. The zero-order chi connectivity index (χ0) is 20.8. The number of carbonyl (C=O) groups excluding carboxylic acids is 2. The van der Waals surface area contributed by atoms with Crippen molar-refractivity contribution in [2.45, 2.75) is 12.5 Å². The first-order valence-electron chi connectivity index (χ1n) is 9.75. The van der Waals surface area contributed by atoms with Crippen molar-refractivity contribution in [2.75, 3.05) is 31.6 Å². The van der Waals surface area contributed by atoms with E-state index in [1.165, 1.54) is 11.0 Å². The van der Waals surface area contributed by atoms with E-state index in [9.17, 15) is 9.59 Å². The van der Waals surface area contributed by atoms with Gasteiger partial charge in [0.25, 0.3) is 5.91 Å². The van der Waals surface area contributed by atoms with Crippen LogP contribution in [0, 0.1) is 0 Å². The molecule has 2 aromatic carbocycles. The first-order chi connectivity index (χ1) is 14.7. The van der Waals surface area contributed by atoms with Crippen molar-refractivity contribution in [1.29, 1.82) is 0 Å². The predicted octanol–water partition coefficient (Wildman–Crippen LogP) is 1.57. The van der Waals surface area contributed by atoms with Gasteiger partial charge in [-0.1, -0.05) is 36.4 Å². The van der Waals surface area contributed by atoms with Crippen molar-refractivity contribution >= 4 is 17.5 Å². The minimum absolute atomic E-state index is 0.0734. The van der Waals surface area contributed by atoms with Crippen molar-refractivity contribution in [3.63, 3.8) is 0 Å². The third-order valence-electron chi connectivity index (χ3n) is 4.93. The van der Waals surface area contributed by atoms with Crippen molar-refractivity contribution in [2.24, 2.45) is 0 Å². The summed E-state index contributed by atoms with van der Waals surface area (Å²) in [4.78, 5) is 27.5. The topological polar surface area (TPSA) is 102 Å². The van der Waals surface area contributed by atoms with Gasteiger partial charge >= 0.3 is 0 Å². The maximum Gasteiger partial charge on any atom is 0.254 e. The van der Waals surface area contributed by atoms with E-state index < -0.39 is 6.04 Å². The van der Waals surface area contributed by atoms with Crippen LogP contribution in [-0.2, 0) is 16.0 Å². The van der Waals surface area contributed by atoms with Gasteiger partial charge in [0.1, 0.15) is 12.4 Å². The van der Waals surface area contributed by atoms with Crippen LogP contribution in [0.4, 0.5) is 5.69 Å². The van der Waals surface area contributed by atoms with Gasteiger partial charge in [0, 0.05) is 30.8 Å². The zero-order valence-electron chi connectivity index (χ0n) is 16.3. The van der Waals surface area contributed by atoms with Crippen LogP contribution in [0.3, 0.4) is 0 Å². The number of nitrogens with zero attached hydrogens (tertiary/aromatic N) is 5. The number of hydrogen-bond donors (Lipinski definition) is 1. The number of anilines is 1. The number of carbonyl (C=O) groups is 2. The predicted molar refractivity (Wildman–Crippen MR) is 109 cm³/mol. The summed E-state index contributed by atoms with van der Waals surface area (Å²) in [6, 6.07) is 16.0. The first-order valence-corrected chi connectivity index (χ1v) is 9.75. The molecule has 0 saturated carbocycles. The number of aromatic nitrogens is 4. The highest BCUT2D eigenvalue weighted by atomic mass is 16.5. The molecule has 0 unspecified atom stereocenters. The molecule has 9 nitrogen and oxygen atoms in total. The van der Waals surface area contributed by atoms with E-state index in [0.29, 0.717) is 44.0 Å². The molecular formula is C21H22N6O3. The number of hydrogen-bond acceptors (Lipinski definition) is 6. The summed E-state index contributed by atoms with van der Waals surface area (Å²) < 4.78 is 6.74. The molecule has 2 amide bonds. The summed E-state index contributed by atoms with van der Waals surface area (Å²) in [5.41, 5.74) is 2.06. The minimum atomic E-state index is -0.624. The number of morpholine rings is 1. The van der Waals surface area contributed by atoms with E-state index in [0.717, 1.165) is 5.56 Å². The molecule has 154 valence electrons. The Kier molecular flexibility index (Phi) is 6.09. The second-order valence-corrected chi connectivity index (χ2v) is 6.97. The van der Waals surface area contributed by atoms with Gasteiger partial charge in [0.15, 0.2) is 0 Å². The summed E-state index contributed by atoms with van der Waals surface area (Å²) in [6.45, 7) is 2.20. The van der Waals surface area contributed by atoms with Crippen LogP contribution >= 0.6 is 0 Å². The lowest BCUT2D eigenvalue weighted by Gasteiger charge is -2.27. The highest BCUT2D eigenvalue weighted by molar-refractivity contribution is 5.98. The molecular weight excluding hydrogens is 384 g/mol. The third kappa shape index (κ3) is 4.69. The first kappa shape index (κ1) is 19.7. The van der Waals surface area contributed by atoms with E-state index >= 15 is 0 Å². The van der Waals surface area contributed by atoms with Gasteiger partial charge in [0.05, 0.1) is 13.2 Å². The van der Waals surface area contributed by atoms with Crippen LogP contribution in [0.15, 0.2) is 60.9 Å². The third-order valence-corrected chi connectivity index (χ3v) is 4.93. The molecule has 4 rings (SSSR count). The van der Waals surface area contributed by atoms with Gasteiger partial charge in [-0.15, -0.1) is 5.10 Å². The van der Waals surface area contributed by atoms with Crippen LogP contribution < -0.4 is 5.32 Å². The summed E-state index contributed by atoms with van der Waals surface area (Å²) in [6.07, 6.45) is 1.86. The molecule has 30 heavy (non-hydrogen) atoms. The van der Waals surface area contributed by atoms with E-state index in [4.69, 9.17) is 4.74 Å². The van der Waals surface area contributed by atoms with Gasteiger partial charge in [-0.3, -0.25) is 9.59 Å². The normalized spacial score (nSPS) is 14.9. The highest BCUT2D eigenvalue weighted by Crippen LogP contribution is 2.18. The van der Waals surface area contributed by atoms with E-state index in [1.54, 1.807) is 29.2 Å². The van der Waals surface area contributed by atoms with Gasteiger partial charge in [0.2, 0.25) is 5.91 Å². The van der Waals surface area contributed by atoms with Gasteiger partial charge in [-0.25, -0.2) is 4.68 Å². The maximum atomic E-state index is 13.1. The minimum Gasteiger partial charge on any atom is -0.378 e. The lowest BCUT2D eigenvalue weighted by atomic mass is 10.1. The Bertz CT molecular complexity index is 987. The molecule has 0 radical (unpaired) electrons. The number of benzene rings is 2. The van der Waals surface area contributed by atoms with E-state index in [2.05, 4.69) is 20.8 Å². The zero-order valence-corrected chi connectivity index (χ0v) is 16.3. The Hall–Kier alpha value is -3.59. The Morgan fingerprint density at radius 2 is 1.87 bits per heavy atom. The fourth-order valence-electron chi connectivity index (χ4n) is 3.36. The molecule has 1 atom stereocenters. The molecule has 2 heterocycles. The fourth-order valence-corrected chi connectivity index (χ4v) is 3.36.